The zero-order valence-corrected chi connectivity index (χ0v) is 9.65. The summed E-state index contributed by atoms with van der Waals surface area (Å²) in [5, 5.41) is 6.74. The van der Waals surface area contributed by atoms with Crippen molar-refractivity contribution in [3.63, 3.8) is 0 Å². The van der Waals surface area contributed by atoms with Gasteiger partial charge in [-0.2, -0.15) is 0 Å². The molecule has 0 spiro atoms. The maximum absolute atomic E-state index is 4.91. The summed E-state index contributed by atoms with van der Waals surface area (Å²) < 4.78 is 4.91. The number of ether oxygens (including phenoxy) is 1. The molecule has 0 heterocycles. The van der Waals surface area contributed by atoms with Crippen molar-refractivity contribution >= 4 is 5.69 Å². The van der Waals surface area contributed by atoms with Gasteiger partial charge in [0.2, 0.25) is 0 Å². The number of hydrogen-bond acceptors (Lipinski definition) is 3. The van der Waals surface area contributed by atoms with Crippen molar-refractivity contribution in [2.45, 2.75) is 0 Å². The van der Waals surface area contributed by atoms with Crippen LogP contribution in [0.5, 0.6) is 5.75 Å². The molecular weight excluding hydrogens is 214 g/mol. The van der Waals surface area contributed by atoms with Gasteiger partial charge in [0.1, 0.15) is 5.75 Å². The van der Waals surface area contributed by atoms with Crippen molar-refractivity contribution in [2.24, 2.45) is 16.2 Å². The predicted octanol–water partition coefficient (Wildman–Crippen LogP) is 3.34. The Balaban J connectivity index is 0.000000171. The fourth-order valence-electron chi connectivity index (χ4n) is 1.12. The van der Waals surface area contributed by atoms with Gasteiger partial charge in [-0.25, -0.2) is 0 Å². The van der Waals surface area contributed by atoms with Crippen molar-refractivity contribution in [3.8, 4) is 5.75 Å². The maximum atomic E-state index is 4.91. The molecule has 2 aromatic carbocycles. The minimum atomic E-state index is 0.778. The highest BCUT2D eigenvalue weighted by Crippen LogP contribution is 2.08. The van der Waals surface area contributed by atoms with Gasteiger partial charge in [0, 0.05) is 0 Å². The molecule has 0 bridgehead atoms. The van der Waals surface area contributed by atoms with Crippen molar-refractivity contribution in [2.75, 3.05) is 7.11 Å². The molecule has 0 saturated heterocycles. The third-order valence-corrected chi connectivity index (χ3v) is 1.91. The van der Waals surface area contributed by atoms with Crippen LogP contribution in [0.15, 0.2) is 71.0 Å². The Labute approximate surface area is 101 Å². The number of hydrogen-bond donors (Lipinski definition) is 1. The normalized spacial score (nSPS) is 9.47. The molecule has 0 aliphatic heterocycles. The molecule has 0 aromatic heterocycles. The van der Waals surface area contributed by atoms with Gasteiger partial charge in [-0.05, 0) is 24.3 Å². The Morgan fingerprint density at radius 1 is 0.882 bits per heavy atom. The summed E-state index contributed by atoms with van der Waals surface area (Å²) in [4.78, 5) is 0. The molecule has 88 valence electrons. The lowest BCUT2D eigenvalue weighted by Gasteiger charge is -1.93. The molecule has 0 saturated carbocycles. The Bertz CT molecular complexity index is 429. The van der Waals surface area contributed by atoms with Crippen molar-refractivity contribution in [3.05, 3.63) is 60.7 Å². The fourth-order valence-corrected chi connectivity index (χ4v) is 1.12. The van der Waals surface area contributed by atoms with Crippen molar-refractivity contribution in [1.29, 1.82) is 0 Å². The maximum Gasteiger partial charge on any atom is 0.118 e. The standard InChI is InChI=1S/C7H8O.C6H7N3/c1-8-7-5-3-2-4-6-7;7-9-8-6-4-2-1-3-5-6/h2-6H,1H3;1-5H,(H2,7,8). The fraction of sp³-hybridized carbons (Fsp3) is 0.0769. The van der Waals surface area contributed by atoms with E-state index in [1.165, 1.54) is 0 Å². The second-order valence-corrected chi connectivity index (χ2v) is 3.07. The number of nitrogens with two attached hydrogens (primary N) is 1. The Morgan fingerprint density at radius 3 is 1.82 bits per heavy atom. The summed E-state index contributed by atoms with van der Waals surface area (Å²) in [5.74, 6) is 5.73. The van der Waals surface area contributed by atoms with Gasteiger partial charge < -0.3 is 10.6 Å². The van der Waals surface area contributed by atoms with Crippen LogP contribution in [0.3, 0.4) is 0 Å². The molecule has 0 atom stereocenters. The van der Waals surface area contributed by atoms with Crippen LogP contribution in [0.25, 0.3) is 0 Å². The highest BCUT2D eigenvalue weighted by Gasteiger charge is 1.81. The largest absolute Gasteiger partial charge is 0.497 e. The molecule has 4 nitrogen and oxygen atoms in total. The van der Waals surface area contributed by atoms with Gasteiger partial charge in [0.05, 0.1) is 12.8 Å². The predicted molar refractivity (Wildman–Crippen MR) is 68.1 cm³/mol. The molecule has 2 rings (SSSR count). The molecule has 4 heteroatoms. The first kappa shape index (κ1) is 12.7. The molecule has 0 aliphatic carbocycles. The topological polar surface area (TPSA) is 60.0 Å². The first-order valence-electron chi connectivity index (χ1n) is 5.12. The van der Waals surface area contributed by atoms with Gasteiger partial charge in [-0.1, -0.05) is 41.6 Å². The van der Waals surface area contributed by atoms with E-state index in [0.29, 0.717) is 0 Å². The molecule has 0 unspecified atom stereocenters. The van der Waals surface area contributed by atoms with Crippen LogP contribution < -0.4 is 10.6 Å². The molecule has 0 radical (unpaired) electrons. The minimum absolute atomic E-state index is 0.778. The van der Waals surface area contributed by atoms with E-state index in [4.69, 9.17) is 10.6 Å². The average molecular weight is 229 g/mol. The van der Waals surface area contributed by atoms with Crippen LogP contribution in [-0.4, -0.2) is 7.11 Å². The summed E-state index contributed by atoms with van der Waals surface area (Å²) in [7, 11) is 1.66. The lowest BCUT2D eigenvalue weighted by Crippen LogP contribution is -1.78. The first-order valence-corrected chi connectivity index (χ1v) is 5.12. The Morgan fingerprint density at radius 2 is 1.41 bits per heavy atom. The van der Waals surface area contributed by atoms with Gasteiger partial charge in [0.25, 0.3) is 0 Å². The SMILES string of the molecule is COc1ccccc1.NN=Nc1ccccc1. The van der Waals surface area contributed by atoms with Crippen LogP contribution in [0.1, 0.15) is 0 Å². The molecule has 2 aromatic rings. The van der Waals surface area contributed by atoms with Crippen molar-refractivity contribution in [1.82, 2.24) is 0 Å². The van der Waals surface area contributed by atoms with E-state index in [-0.39, 0.29) is 0 Å². The number of rotatable bonds is 2. The lowest BCUT2D eigenvalue weighted by molar-refractivity contribution is 0.415. The van der Waals surface area contributed by atoms with E-state index < -0.39 is 0 Å². The number of nitrogens with zero attached hydrogens (tertiary/aromatic N) is 2. The van der Waals surface area contributed by atoms with Crippen LogP contribution in [-0.2, 0) is 0 Å². The Kier molecular flexibility index (Phi) is 5.88. The summed E-state index contributed by atoms with van der Waals surface area (Å²) in [6.45, 7) is 0. The zero-order chi connectivity index (χ0) is 12.3. The second-order valence-electron chi connectivity index (χ2n) is 3.07. The number of benzene rings is 2. The van der Waals surface area contributed by atoms with Gasteiger partial charge in [-0.15, -0.1) is 5.11 Å². The highest BCUT2D eigenvalue weighted by molar-refractivity contribution is 5.34. The number of methoxy groups -OCH3 is 1. The molecular formula is C13H15N3O. The van der Waals surface area contributed by atoms with Gasteiger partial charge in [0.15, 0.2) is 0 Å². The smallest absolute Gasteiger partial charge is 0.118 e. The monoisotopic (exact) mass is 229 g/mol. The van der Waals surface area contributed by atoms with E-state index >= 15 is 0 Å². The lowest BCUT2D eigenvalue weighted by atomic mass is 10.3. The summed E-state index contributed by atoms with van der Waals surface area (Å²) in [5.41, 5.74) is 0.778. The van der Waals surface area contributed by atoms with Gasteiger partial charge >= 0.3 is 0 Å². The van der Waals surface area contributed by atoms with E-state index in [1.54, 1.807) is 7.11 Å². The van der Waals surface area contributed by atoms with Crippen LogP contribution >= 0.6 is 0 Å². The molecule has 0 fully saturated rings. The van der Waals surface area contributed by atoms with E-state index in [1.807, 2.05) is 60.7 Å². The van der Waals surface area contributed by atoms with Crippen LogP contribution in [0.2, 0.25) is 0 Å². The van der Waals surface area contributed by atoms with Gasteiger partial charge in [-0.3, -0.25) is 0 Å². The minimum Gasteiger partial charge on any atom is -0.497 e. The van der Waals surface area contributed by atoms with Crippen LogP contribution in [0, 0.1) is 0 Å². The second kappa shape index (κ2) is 7.87. The molecule has 2 N–H and O–H groups in total. The summed E-state index contributed by atoms with van der Waals surface area (Å²) in [6, 6.07) is 19.0. The van der Waals surface area contributed by atoms with E-state index in [2.05, 4.69) is 10.3 Å². The third kappa shape index (κ3) is 5.32. The van der Waals surface area contributed by atoms with Crippen molar-refractivity contribution < 1.29 is 4.74 Å². The Hall–Kier alpha value is -2.36. The van der Waals surface area contributed by atoms with Crippen LogP contribution in [0.4, 0.5) is 5.69 Å². The van der Waals surface area contributed by atoms with E-state index in [9.17, 15) is 0 Å². The summed E-state index contributed by atoms with van der Waals surface area (Å²) in [6.07, 6.45) is 0. The zero-order valence-electron chi connectivity index (χ0n) is 9.65. The average Bonchev–Trinajstić information content (AvgIpc) is 2.42. The third-order valence-electron chi connectivity index (χ3n) is 1.91. The summed E-state index contributed by atoms with van der Waals surface area (Å²) >= 11 is 0. The number of para-hydroxylation sites is 1. The van der Waals surface area contributed by atoms with E-state index in [0.717, 1.165) is 11.4 Å². The molecule has 0 amide bonds. The quantitative estimate of drug-likeness (QED) is 0.487. The molecule has 0 aliphatic rings. The highest BCUT2D eigenvalue weighted by atomic mass is 16.5. The molecule has 17 heavy (non-hydrogen) atoms. The first-order chi connectivity index (χ1) is 8.36.